The fraction of sp³-hybridized carbons (Fsp3) is 1.00. The highest BCUT2D eigenvalue weighted by atomic mass is 16.5. The van der Waals surface area contributed by atoms with Crippen molar-refractivity contribution in [2.75, 3.05) is 13.7 Å². The summed E-state index contributed by atoms with van der Waals surface area (Å²) < 4.78 is 4.84. The molecular formula is C9H20O3. The van der Waals surface area contributed by atoms with E-state index in [1.807, 2.05) is 13.8 Å². The minimum atomic E-state index is -0.611. The van der Waals surface area contributed by atoms with Gasteiger partial charge in [-0.1, -0.05) is 13.8 Å². The number of ether oxygens (including phenoxy) is 1. The first-order valence-corrected chi connectivity index (χ1v) is 4.44. The standard InChI is InChI=1S/C9H20O3/c1-7(2)9(11)8(10)5-4-6-12-3/h7-11H,4-6H2,1-3H3. The normalized spacial score (nSPS) is 16.5. The molecule has 74 valence electrons. The van der Waals surface area contributed by atoms with E-state index in [1.54, 1.807) is 7.11 Å². The first kappa shape index (κ1) is 11.9. The van der Waals surface area contributed by atoms with Gasteiger partial charge in [0.1, 0.15) is 0 Å². The van der Waals surface area contributed by atoms with Crippen molar-refractivity contribution >= 4 is 0 Å². The number of methoxy groups -OCH3 is 1. The third-order valence-electron chi connectivity index (χ3n) is 1.93. The summed E-state index contributed by atoms with van der Waals surface area (Å²) in [5.41, 5.74) is 0. The molecule has 0 amide bonds. The Hall–Kier alpha value is -0.120. The molecule has 0 heterocycles. The smallest absolute Gasteiger partial charge is 0.0821 e. The summed E-state index contributed by atoms with van der Waals surface area (Å²) in [4.78, 5) is 0. The van der Waals surface area contributed by atoms with Crippen LogP contribution in [-0.4, -0.2) is 36.1 Å². The van der Waals surface area contributed by atoms with Crippen LogP contribution in [0.25, 0.3) is 0 Å². The molecule has 2 N–H and O–H groups in total. The molecule has 12 heavy (non-hydrogen) atoms. The lowest BCUT2D eigenvalue weighted by Gasteiger charge is -2.20. The number of hydrogen-bond acceptors (Lipinski definition) is 3. The van der Waals surface area contributed by atoms with Crippen LogP contribution in [0.4, 0.5) is 0 Å². The maximum atomic E-state index is 9.41. The molecule has 2 atom stereocenters. The van der Waals surface area contributed by atoms with Crippen LogP contribution in [0, 0.1) is 5.92 Å². The predicted molar refractivity (Wildman–Crippen MR) is 48.0 cm³/mol. The third kappa shape index (κ3) is 4.70. The zero-order valence-corrected chi connectivity index (χ0v) is 8.16. The summed E-state index contributed by atoms with van der Waals surface area (Å²) in [6.45, 7) is 4.43. The van der Waals surface area contributed by atoms with E-state index in [4.69, 9.17) is 4.74 Å². The van der Waals surface area contributed by atoms with Crippen molar-refractivity contribution in [2.24, 2.45) is 5.92 Å². The zero-order valence-electron chi connectivity index (χ0n) is 8.16. The molecule has 0 aromatic rings. The van der Waals surface area contributed by atoms with Crippen LogP contribution in [0.3, 0.4) is 0 Å². The van der Waals surface area contributed by atoms with Gasteiger partial charge in [-0.3, -0.25) is 0 Å². The fourth-order valence-electron chi connectivity index (χ4n) is 1.05. The molecule has 0 aromatic heterocycles. The van der Waals surface area contributed by atoms with E-state index in [1.165, 1.54) is 0 Å². The Morgan fingerprint density at radius 2 is 1.83 bits per heavy atom. The molecular weight excluding hydrogens is 156 g/mol. The Morgan fingerprint density at radius 3 is 2.25 bits per heavy atom. The highest BCUT2D eigenvalue weighted by Gasteiger charge is 2.18. The molecule has 2 unspecified atom stereocenters. The molecule has 3 heteroatoms. The van der Waals surface area contributed by atoms with E-state index in [0.29, 0.717) is 13.0 Å². The number of aliphatic hydroxyl groups is 2. The molecule has 0 rings (SSSR count). The maximum Gasteiger partial charge on any atom is 0.0821 e. The van der Waals surface area contributed by atoms with Crippen LogP contribution < -0.4 is 0 Å². The van der Waals surface area contributed by atoms with Gasteiger partial charge in [0.15, 0.2) is 0 Å². The average Bonchev–Trinajstić information content (AvgIpc) is 2.03. The number of hydrogen-bond donors (Lipinski definition) is 2. The van der Waals surface area contributed by atoms with Gasteiger partial charge in [-0.2, -0.15) is 0 Å². The highest BCUT2D eigenvalue weighted by molar-refractivity contribution is 4.69. The van der Waals surface area contributed by atoms with Crippen LogP contribution in [0.15, 0.2) is 0 Å². The van der Waals surface area contributed by atoms with Crippen molar-refractivity contribution in [2.45, 2.75) is 38.9 Å². The van der Waals surface area contributed by atoms with E-state index in [-0.39, 0.29) is 5.92 Å². The summed E-state index contributed by atoms with van der Waals surface area (Å²) >= 11 is 0. The van der Waals surface area contributed by atoms with Crippen molar-refractivity contribution in [3.05, 3.63) is 0 Å². The van der Waals surface area contributed by atoms with Gasteiger partial charge in [-0.05, 0) is 18.8 Å². The van der Waals surface area contributed by atoms with E-state index in [9.17, 15) is 10.2 Å². The van der Waals surface area contributed by atoms with E-state index in [0.717, 1.165) is 6.42 Å². The maximum absolute atomic E-state index is 9.41. The van der Waals surface area contributed by atoms with Crippen LogP contribution in [0.5, 0.6) is 0 Å². The minimum absolute atomic E-state index is 0.113. The topological polar surface area (TPSA) is 49.7 Å². The molecule has 0 aliphatic carbocycles. The molecule has 0 aromatic carbocycles. The molecule has 0 saturated heterocycles. The molecule has 0 aliphatic heterocycles. The van der Waals surface area contributed by atoms with Gasteiger partial charge in [-0.15, -0.1) is 0 Å². The Morgan fingerprint density at radius 1 is 1.25 bits per heavy atom. The van der Waals surface area contributed by atoms with Gasteiger partial charge >= 0.3 is 0 Å². The monoisotopic (exact) mass is 176 g/mol. The lowest BCUT2D eigenvalue weighted by Crippen LogP contribution is -2.30. The summed E-state index contributed by atoms with van der Waals surface area (Å²) in [5.74, 6) is 0.113. The molecule has 3 nitrogen and oxygen atoms in total. The first-order chi connectivity index (χ1) is 5.59. The SMILES string of the molecule is COCCCC(O)C(O)C(C)C. The van der Waals surface area contributed by atoms with Crippen LogP contribution in [-0.2, 0) is 4.74 Å². The Bertz CT molecular complexity index is 104. The highest BCUT2D eigenvalue weighted by Crippen LogP contribution is 2.10. The number of aliphatic hydroxyl groups excluding tert-OH is 2. The van der Waals surface area contributed by atoms with Crippen molar-refractivity contribution < 1.29 is 14.9 Å². The summed E-state index contributed by atoms with van der Waals surface area (Å²) in [5, 5.41) is 18.8. The van der Waals surface area contributed by atoms with Crippen LogP contribution in [0.2, 0.25) is 0 Å². The average molecular weight is 176 g/mol. The van der Waals surface area contributed by atoms with Gasteiger partial charge in [0, 0.05) is 13.7 Å². The molecule has 0 fully saturated rings. The number of rotatable bonds is 6. The predicted octanol–water partition coefficient (Wildman–Crippen LogP) is 0.791. The Balaban J connectivity index is 3.49. The largest absolute Gasteiger partial charge is 0.390 e. The summed E-state index contributed by atoms with van der Waals surface area (Å²) in [6, 6.07) is 0. The molecule has 0 aliphatic rings. The van der Waals surface area contributed by atoms with Gasteiger partial charge in [0.25, 0.3) is 0 Å². The van der Waals surface area contributed by atoms with Crippen molar-refractivity contribution in [3.8, 4) is 0 Å². The molecule has 0 saturated carbocycles. The third-order valence-corrected chi connectivity index (χ3v) is 1.93. The van der Waals surface area contributed by atoms with E-state index in [2.05, 4.69) is 0 Å². The van der Waals surface area contributed by atoms with Gasteiger partial charge in [0.2, 0.25) is 0 Å². The van der Waals surface area contributed by atoms with Crippen molar-refractivity contribution in [1.82, 2.24) is 0 Å². The molecule has 0 bridgehead atoms. The van der Waals surface area contributed by atoms with Crippen LogP contribution >= 0.6 is 0 Å². The van der Waals surface area contributed by atoms with E-state index < -0.39 is 12.2 Å². The van der Waals surface area contributed by atoms with Gasteiger partial charge in [-0.25, -0.2) is 0 Å². The fourth-order valence-corrected chi connectivity index (χ4v) is 1.05. The van der Waals surface area contributed by atoms with Gasteiger partial charge < -0.3 is 14.9 Å². The first-order valence-electron chi connectivity index (χ1n) is 4.44. The Labute approximate surface area is 74.4 Å². The summed E-state index contributed by atoms with van der Waals surface area (Å²) in [7, 11) is 1.63. The van der Waals surface area contributed by atoms with Gasteiger partial charge in [0.05, 0.1) is 12.2 Å². The van der Waals surface area contributed by atoms with Crippen molar-refractivity contribution in [3.63, 3.8) is 0 Å². The second-order valence-corrected chi connectivity index (χ2v) is 3.44. The molecule has 0 spiro atoms. The van der Waals surface area contributed by atoms with E-state index >= 15 is 0 Å². The van der Waals surface area contributed by atoms with Crippen molar-refractivity contribution in [1.29, 1.82) is 0 Å². The second kappa shape index (κ2) is 6.40. The summed E-state index contributed by atoms with van der Waals surface area (Å²) in [6.07, 6.45) is 0.177. The Kier molecular flexibility index (Phi) is 6.34. The quantitative estimate of drug-likeness (QED) is 0.588. The zero-order chi connectivity index (χ0) is 9.56. The molecule has 0 radical (unpaired) electrons. The minimum Gasteiger partial charge on any atom is -0.390 e. The lowest BCUT2D eigenvalue weighted by molar-refractivity contribution is -0.0156. The van der Waals surface area contributed by atoms with Crippen LogP contribution in [0.1, 0.15) is 26.7 Å². The second-order valence-electron chi connectivity index (χ2n) is 3.44. The lowest BCUT2D eigenvalue weighted by atomic mass is 9.99.